The molecule has 1 heterocycles. The van der Waals surface area contributed by atoms with Crippen LogP contribution in [0, 0.1) is 0 Å². The van der Waals surface area contributed by atoms with Crippen molar-refractivity contribution in [2.75, 3.05) is 11.9 Å². The van der Waals surface area contributed by atoms with Gasteiger partial charge in [0.25, 0.3) is 0 Å². The zero-order chi connectivity index (χ0) is 12.3. The standard InChI is InChI=1S/C15H20N2O/c1-17-14-7-4-10(18)8-12(14)11-5-6-13(15(11)17)16-9-2-3-9/h4,7-9,11,13,15-16,18H,2-3,5-6H2,1H3. The summed E-state index contributed by atoms with van der Waals surface area (Å²) in [7, 11) is 2.20. The van der Waals surface area contributed by atoms with E-state index in [-0.39, 0.29) is 0 Å². The van der Waals surface area contributed by atoms with Crippen LogP contribution < -0.4 is 10.2 Å². The summed E-state index contributed by atoms with van der Waals surface area (Å²) in [6, 6.07) is 7.83. The SMILES string of the molecule is CN1c2ccc(O)cc2C2CCC(NC3CC3)C21. The lowest BCUT2D eigenvalue weighted by Gasteiger charge is -2.28. The first-order valence-corrected chi connectivity index (χ1v) is 7.06. The number of anilines is 1. The lowest BCUT2D eigenvalue weighted by atomic mass is 9.97. The largest absolute Gasteiger partial charge is 0.508 e. The first-order chi connectivity index (χ1) is 8.74. The highest BCUT2D eigenvalue weighted by Crippen LogP contribution is 2.49. The number of benzene rings is 1. The predicted molar refractivity (Wildman–Crippen MR) is 72.2 cm³/mol. The highest BCUT2D eigenvalue weighted by Gasteiger charge is 2.46. The number of nitrogens with one attached hydrogen (secondary N) is 1. The average Bonchev–Trinajstić information content (AvgIpc) is 2.99. The number of hydrogen-bond donors (Lipinski definition) is 2. The zero-order valence-corrected chi connectivity index (χ0v) is 10.8. The number of aromatic hydroxyl groups is 1. The van der Waals surface area contributed by atoms with Crippen LogP contribution in [0.3, 0.4) is 0 Å². The quantitative estimate of drug-likeness (QED) is 0.837. The number of hydrogen-bond acceptors (Lipinski definition) is 3. The van der Waals surface area contributed by atoms with Crippen LogP contribution in [0.1, 0.15) is 37.2 Å². The van der Waals surface area contributed by atoms with Crippen LogP contribution in [-0.2, 0) is 0 Å². The highest BCUT2D eigenvalue weighted by molar-refractivity contribution is 5.64. The third-order valence-corrected chi connectivity index (χ3v) is 4.88. The summed E-state index contributed by atoms with van der Waals surface area (Å²) in [6.45, 7) is 0. The molecule has 3 atom stereocenters. The van der Waals surface area contributed by atoms with Crippen molar-refractivity contribution in [2.45, 2.75) is 49.7 Å². The van der Waals surface area contributed by atoms with Crippen molar-refractivity contribution in [3.8, 4) is 5.75 Å². The Bertz CT molecular complexity index is 483. The second kappa shape index (κ2) is 3.64. The molecule has 0 radical (unpaired) electrons. The van der Waals surface area contributed by atoms with Gasteiger partial charge in [-0.2, -0.15) is 0 Å². The normalized spacial score (nSPS) is 33.6. The van der Waals surface area contributed by atoms with Gasteiger partial charge in [0.15, 0.2) is 0 Å². The maximum absolute atomic E-state index is 9.69. The Morgan fingerprint density at radius 2 is 2.06 bits per heavy atom. The molecule has 1 aromatic carbocycles. The minimum atomic E-state index is 0.404. The second-order valence-electron chi connectivity index (χ2n) is 6.08. The smallest absolute Gasteiger partial charge is 0.116 e. The molecule has 1 aromatic rings. The van der Waals surface area contributed by atoms with E-state index >= 15 is 0 Å². The molecule has 0 aromatic heterocycles. The zero-order valence-electron chi connectivity index (χ0n) is 10.8. The first kappa shape index (κ1) is 10.7. The van der Waals surface area contributed by atoms with Crippen LogP contribution in [-0.4, -0.2) is 30.3 Å². The molecule has 0 spiro atoms. The molecule has 18 heavy (non-hydrogen) atoms. The number of phenols is 1. The van der Waals surface area contributed by atoms with Crippen molar-refractivity contribution < 1.29 is 5.11 Å². The Balaban J connectivity index is 1.66. The van der Waals surface area contributed by atoms with Crippen molar-refractivity contribution >= 4 is 5.69 Å². The summed E-state index contributed by atoms with van der Waals surface area (Å²) in [6.07, 6.45) is 5.22. The molecule has 3 unspecified atom stereocenters. The van der Waals surface area contributed by atoms with Gasteiger partial charge in [0, 0.05) is 30.7 Å². The predicted octanol–water partition coefficient (Wildman–Crippen LogP) is 2.21. The number of nitrogens with zero attached hydrogens (tertiary/aromatic N) is 1. The van der Waals surface area contributed by atoms with Gasteiger partial charge < -0.3 is 15.3 Å². The van der Waals surface area contributed by atoms with Crippen molar-refractivity contribution in [1.29, 1.82) is 0 Å². The average molecular weight is 244 g/mol. The van der Waals surface area contributed by atoms with E-state index in [0.29, 0.717) is 23.8 Å². The molecular formula is C15H20N2O. The molecule has 3 heteroatoms. The minimum Gasteiger partial charge on any atom is -0.508 e. The summed E-state index contributed by atoms with van der Waals surface area (Å²) in [5.41, 5.74) is 2.66. The van der Waals surface area contributed by atoms with E-state index in [2.05, 4.69) is 23.3 Å². The third kappa shape index (κ3) is 1.46. The van der Waals surface area contributed by atoms with Gasteiger partial charge in [-0.3, -0.25) is 0 Å². The van der Waals surface area contributed by atoms with E-state index < -0.39 is 0 Å². The van der Waals surface area contributed by atoms with E-state index in [1.807, 2.05) is 6.07 Å². The highest BCUT2D eigenvalue weighted by atomic mass is 16.3. The lowest BCUT2D eigenvalue weighted by Crippen LogP contribution is -2.45. The molecule has 0 bridgehead atoms. The molecule has 1 aliphatic heterocycles. The van der Waals surface area contributed by atoms with Crippen LogP contribution in [0.4, 0.5) is 5.69 Å². The number of likely N-dealkylation sites (N-methyl/N-ethyl adjacent to an activating group) is 1. The summed E-state index contributed by atoms with van der Waals surface area (Å²) < 4.78 is 0. The van der Waals surface area contributed by atoms with Crippen molar-refractivity contribution in [2.24, 2.45) is 0 Å². The fraction of sp³-hybridized carbons (Fsp3) is 0.600. The topological polar surface area (TPSA) is 35.5 Å². The van der Waals surface area contributed by atoms with Crippen LogP contribution in [0.25, 0.3) is 0 Å². The van der Waals surface area contributed by atoms with E-state index in [1.165, 1.54) is 36.9 Å². The monoisotopic (exact) mass is 244 g/mol. The summed E-state index contributed by atoms with van der Waals surface area (Å²) in [5.74, 6) is 1.01. The molecule has 0 saturated heterocycles. The Morgan fingerprint density at radius 1 is 1.22 bits per heavy atom. The molecule has 0 amide bonds. The maximum Gasteiger partial charge on any atom is 0.116 e. The van der Waals surface area contributed by atoms with Gasteiger partial charge in [0.2, 0.25) is 0 Å². The van der Waals surface area contributed by atoms with Gasteiger partial charge >= 0.3 is 0 Å². The Labute approximate surface area is 108 Å². The first-order valence-electron chi connectivity index (χ1n) is 7.06. The Kier molecular flexibility index (Phi) is 2.16. The fourth-order valence-corrected chi connectivity index (χ4v) is 3.92. The van der Waals surface area contributed by atoms with Gasteiger partial charge in [-0.05, 0) is 49.4 Å². The van der Waals surface area contributed by atoms with Gasteiger partial charge in [-0.1, -0.05) is 0 Å². The van der Waals surface area contributed by atoms with E-state index in [4.69, 9.17) is 0 Å². The number of phenolic OH excluding ortho intramolecular Hbond substituents is 1. The van der Waals surface area contributed by atoms with E-state index in [1.54, 1.807) is 6.07 Å². The summed E-state index contributed by atoms with van der Waals surface area (Å²) in [4.78, 5) is 2.42. The summed E-state index contributed by atoms with van der Waals surface area (Å²) >= 11 is 0. The molecule has 3 nitrogen and oxygen atoms in total. The van der Waals surface area contributed by atoms with Gasteiger partial charge in [0.05, 0.1) is 6.04 Å². The minimum absolute atomic E-state index is 0.404. The summed E-state index contributed by atoms with van der Waals surface area (Å²) in [5, 5.41) is 13.5. The van der Waals surface area contributed by atoms with E-state index in [9.17, 15) is 5.11 Å². The fourth-order valence-electron chi connectivity index (χ4n) is 3.92. The molecule has 3 aliphatic rings. The molecule has 2 fully saturated rings. The van der Waals surface area contributed by atoms with Crippen LogP contribution >= 0.6 is 0 Å². The molecule has 2 N–H and O–H groups in total. The maximum atomic E-state index is 9.69. The number of rotatable bonds is 2. The van der Waals surface area contributed by atoms with E-state index in [0.717, 1.165) is 6.04 Å². The van der Waals surface area contributed by atoms with Crippen molar-refractivity contribution in [3.63, 3.8) is 0 Å². The van der Waals surface area contributed by atoms with Crippen molar-refractivity contribution in [1.82, 2.24) is 5.32 Å². The second-order valence-corrected chi connectivity index (χ2v) is 6.08. The Morgan fingerprint density at radius 3 is 2.83 bits per heavy atom. The molecular weight excluding hydrogens is 224 g/mol. The van der Waals surface area contributed by atoms with Gasteiger partial charge in [-0.15, -0.1) is 0 Å². The Hall–Kier alpha value is -1.22. The molecule has 96 valence electrons. The molecule has 4 rings (SSSR count). The van der Waals surface area contributed by atoms with Crippen LogP contribution in [0.2, 0.25) is 0 Å². The lowest BCUT2D eigenvalue weighted by molar-refractivity contribution is 0.457. The van der Waals surface area contributed by atoms with Gasteiger partial charge in [-0.25, -0.2) is 0 Å². The van der Waals surface area contributed by atoms with Crippen molar-refractivity contribution in [3.05, 3.63) is 23.8 Å². The van der Waals surface area contributed by atoms with Crippen LogP contribution in [0.15, 0.2) is 18.2 Å². The number of fused-ring (bicyclic) bond motifs is 3. The molecule has 2 saturated carbocycles. The molecule has 2 aliphatic carbocycles. The van der Waals surface area contributed by atoms with Gasteiger partial charge in [0.1, 0.15) is 5.75 Å². The third-order valence-electron chi connectivity index (χ3n) is 4.88. The van der Waals surface area contributed by atoms with Crippen LogP contribution in [0.5, 0.6) is 5.75 Å².